The molecule has 1 aliphatic rings. The van der Waals surface area contributed by atoms with Gasteiger partial charge in [-0.2, -0.15) is 0 Å². The summed E-state index contributed by atoms with van der Waals surface area (Å²) in [6, 6.07) is 16.4. The number of amides is 2. The summed E-state index contributed by atoms with van der Waals surface area (Å²) in [6.07, 6.45) is 5.48. The summed E-state index contributed by atoms with van der Waals surface area (Å²) < 4.78 is 0. The van der Waals surface area contributed by atoms with Crippen LogP contribution >= 0.6 is 0 Å². The molecule has 2 amide bonds. The van der Waals surface area contributed by atoms with Crippen LogP contribution in [0.5, 0.6) is 0 Å². The predicted octanol–water partition coefficient (Wildman–Crippen LogP) is 5.24. The number of carbonyl (C=O) groups excluding carboxylic acids is 1. The van der Waals surface area contributed by atoms with Gasteiger partial charge in [-0.3, -0.25) is 0 Å². The van der Waals surface area contributed by atoms with E-state index in [1.165, 1.54) is 5.56 Å². The molecule has 31 heavy (non-hydrogen) atoms. The molecule has 1 saturated carbocycles. The number of nitrogens with zero attached hydrogens (tertiary/aromatic N) is 1. The van der Waals surface area contributed by atoms with E-state index < -0.39 is 11.5 Å². The van der Waals surface area contributed by atoms with Gasteiger partial charge in [0, 0.05) is 13.1 Å². The smallest absolute Gasteiger partial charge is 0.329 e. The molecular weight excluding hydrogens is 388 g/mol. The van der Waals surface area contributed by atoms with E-state index in [0.717, 1.165) is 48.8 Å². The molecule has 2 aromatic carbocycles. The van der Waals surface area contributed by atoms with Crippen LogP contribution in [0.1, 0.15) is 60.8 Å². The first-order valence-corrected chi connectivity index (χ1v) is 11.3. The first-order chi connectivity index (χ1) is 14.9. The Morgan fingerprint density at radius 3 is 2.23 bits per heavy atom. The zero-order valence-electron chi connectivity index (χ0n) is 18.7. The molecule has 5 heteroatoms. The third kappa shape index (κ3) is 6.33. The van der Waals surface area contributed by atoms with E-state index in [1.807, 2.05) is 18.2 Å². The molecule has 2 N–H and O–H groups in total. The van der Waals surface area contributed by atoms with Gasteiger partial charge in [0.15, 0.2) is 0 Å². The SMILES string of the molecule is Cc1cc(C)cc(CN(CCCCc2ccccc2)C(=O)NC2(C(=O)O)CCCC2)c1. The third-order valence-electron chi connectivity index (χ3n) is 6.14. The van der Waals surface area contributed by atoms with Crippen molar-refractivity contribution in [2.75, 3.05) is 6.54 Å². The molecule has 0 bridgehead atoms. The van der Waals surface area contributed by atoms with Crippen molar-refractivity contribution >= 4 is 12.0 Å². The van der Waals surface area contributed by atoms with Crippen LogP contribution in [0, 0.1) is 13.8 Å². The van der Waals surface area contributed by atoms with Crippen LogP contribution in [0.15, 0.2) is 48.5 Å². The van der Waals surface area contributed by atoms with Gasteiger partial charge in [-0.25, -0.2) is 9.59 Å². The van der Waals surface area contributed by atoms with E-state index in [4.69, 9.17) is 0 Å². The molecule has 166 valence electrons. The summed E-state index contributed by atoms with van der Waals surface area (Å²) in [5.41, 5.74) is 3.58. The van der Waals surface area contributed by atoms with Crippen molar-refractivity contribution in [3.05, 3.63) is 70.8 Å². The van der Waals surface area contributed by atoms with Crippen molar-refractivity contribution in [1.82, 2.24) is 10.2 Å². The van der Waals surface area contributed by atoms with Crippen LogP contribution in [0.2, 0.25) is 0 Å². The molecule has 0 radical (unpaired) electrons. The summed E-state index contributed by atoms with van der Waals surface area (Å²) in [4.78, 5) is 26.9. The van der Waals surface area contributed by atoms with Gasteiger partial charge < -0.3 is 15.3 Å². The van der Waals surface area contributed by atoms with Gasteiger partial charge in [0.2, 0.25) is 0 Å². The number of carboxylic acid groups (broad SMARTS) is 1. The number of carbonyl (C=O) groups is 2. The highest BCUT2D eigenvalue weighted by Gasteiger charge is 2.43. The summed E-state index contributed by atoms with van der Waals surface area (Å²) >= 11 is 0. The molecule has 1 fully saturated rings. The number of aliphatic carboxylic acids is 1. The fourth-order valence-corrected chi connectivity index (χ4v) is 4.56. The monoisotopic (exact) mass is 422 g/mol. The van der Waals surface area contributed by atoms with E-state index in [1.54, 1.807) is 4.90 Å². The molecule has 1 aliphatic carbocycles. The molecule has 0 spiro atoms. The lowest BCUT2D eigenvalue weighted by molar-refractivity contribution is -0.144. The Labute approximate surface area is 185 Å². The molecule has 0 saturated heterocycles. The van der Waals surface area contributed by atoms with Gasteiger partial charge in [-0.15, -0.1) is 0 Å². The van der Waals surface area contributed by atoms with Crippen molar-refractivity contribution in [2.24, 2.45) is 0 Å². The minimum absolute atomic E-state index is 0.275. The number of hydrogen-bond donors (Lipinski definition) is 2. The number of aryl methyl sites for hydroxylation is 3. The van der Waals surface area contributed by atoms with Gasteiger partial charge in [0.1, 0.15) is 5.54 Å². The molecule has 3 rings (SSSR count). The average molecular weight is 423 g/mol. The molecule has 0 aromatic heterocycles. The van der Waals surface area contributed by atoms with E-state index in [0.29, 0.717) is 25.9 Å². The standard InChI is InChI=1S/C26H34N2O3/c1-20-16-21(2)18-23(17-20)19-28(15-9-6-12-22-10-4-3-5-11-22)25(31)27-26(24(29)30)13-7-8-14-26/h3-5,10-11,16-18H,6-9,12-15,19H2,1-2H3,(H,27,31)(H,29,30). The van der Waals surface area contributed by atoms with Crippen LogP contribution in [0.4, 0.5) is 4.79 Å². The Kier molecular flexibility index (Phi) is 7.72. The zero-order valence-corrected chi connectivity index (χ0v) is 18.7. The summed E-state index contributed by atoms with van der Waals surface area (Å²) in [7, 11) is 0. The van der Waals surface area contributed by atoms with Crippen LogP contribution in [0.3, 0.4) is 0 Å². The van der Waals surface area contributed by atoms with E-state index in [9.17, 15) is 14.7 Å². The highest BCUT2D eigenvalue weighted by Crippen LogP contribution is 2.30. The topological polar surface area (TPSA) is 69.6 Å². The number of carboxylic acids is 1. The molecule has 0 unspecified atom stereocenters. The number of rotatable bonds is 9. The number of nitrogens with one attached hydrogen (secondary N) is 1. The highest BCUT2D eigenvalue weighted by atomic mass is 16.4. The number of urea groups is 1. The van der Waals surface area contributed by atoms with Gasteiger partial charge in [-0.1, -0.05) is 72.5 Å². The Bertz CT molecular complexity index is 869. The van der Waals surface area contributed by atoms with Gasteiger partial charge in [-0.05, 0) is 57.1 Å². The van der Waals surface area contributed by atoms with Gasteiger partial charge >= 0.3 is 12.0 Å². The first-order valence-electron chi connectivity index (χ1n) is 11.3. The van der Waals surface area contributed by atoms with E-state index in [2.05, 4.69) is 49.5 Å². The number of hydrogen-bond acceptors (Lipinski definition) is 2. The molecular formula is C26H34N2O3. The Hall–Kier alpha value is -2.82. The lowest BCUT2D eigenvalue weighted by Gasteiger charge is -2.31. The van der Waals surface area contributed by atoms with Crippen LogP contribution in [0.25, 0.3) is 0 Å². The minimum Gasteiger partial charge on any atom is -0.480 e. The lowest BCUT2D eigenvalue weighted by Crippen LogP contribution is -2.56. The predicted molar refractivity (Wildman–Crippen MR) is 123 cm³/mol. The second kappa shape index (κ2) is 10.5. The Morgan fingerprint density at radius 1 is 0.968 bits per heavy atom. The maximum absolute atomic E-state index is 13.2. The zero-order chi connectivity index (χ0) is 22.3. The molecule has 0 heterocycles. The maximum Gasteiger partial charge on any atom is 0.329 e. The molecule has 0 atom stereocenters. The average Bonchev–Trinajstić information content (AvgIpc) is 3.20. The van der Waals surface area contributed by atoms with Crippen molar-refractivity contribution in [3.63, 3.8) is 0 Å². The van der Waals surface area contributed by atoms with Gasteiger partial charge in [0.05, 0.1) is 0 Å². The maximum atomic E-state index is 13.2. The first kappa shape index (κ1) is 22.9. The molecule has 2 aromatic rings. The summed E-state index contributed by atoms with van der Waals surface area (Å²) in [6.45, 7) is 5.19. The second-order valence-electron chi connectivity index (χ2n) is 8.88. The fraction of sp³-hybridized carbons (Fsp3) is 0.462. The van der Waals surface area contributed by atoms with E-state index >= 15 is 0 Å². The third-order valence-corrected chi connectivity index (χ3v) is 6.14. The number of unbranched alkanes of at least 4 members (excludes halogenated alkanes) is 1. The van der Waals surface area contributed by atoms with Crippen LogP contribution < -0.4 is 5.32 Å². The highest BCUT2D eigenvalue weighted by molar-refractivity contribution is 5.86. The van der Waals surface area contributed by atoms with Crippen LogP contribution in [-0.2, 0) is 17.8 Å². The van der Waals surface area contributed by atoms with Crippen molar-refractivity contribution in [3.8, 4) is 0 Å². The van der Waals surface area contributed by atoms with Gasteiger partial charge in [0.25, 0.3) is 0 Å². The fourth-order valence-electron chi connectivity index (χ4n) is 4.56. The molecule has 5 nitrogen and oxygen atoms in total. The second-order valence-corrected chi connectivity index (χ2v) is 8.88. The Balaban J connectivity index is 1.68. The summed E-state index contributed by atoms with van der Waals surface area (Å²) in [5, 5.41) is 12.7. The van der Waals surface area contributed by atoms with Crippen molar-refractivity contribution < 1.29 is 14.7 Å². The Morgan fingerprint density at radius 2 is 1.61 bits per heavy atom. The van der Waals surface area contributed by atoms with Crippen molar-refractivity contribution in [2.45, 2.75) is 70.9 Å². The largest absolute Gasteiger partial charge is 0.480 e. The summed E-state index contributed by atoms with van der Waals surface area (Å²) in [5.74, 6) is -0.922. The van der Waals surface area contributed by atoms with Crippen molar-refractivity contribution in [1.29, 1.82) is 0 Å². The van der Waals surface area contributed by atoms with E-state index in [-0.39, 0.29) is 6.03 Å². The quantitative estimate of drug-likeness (QED) is 0.543. The van der Waals surface area contributed by atoms with Crippen LogP contribution in [-0.4, -0.2) is 34.1 Å². The minimum atomic E-state index is -1.12. The lowest BCUT2D eigenvalue weighted by atomic mass is 9.98. The normalized spacial score (nSPS) is 14.9. The molecule has 0 aliphatic heterocycles. The number of benzene rings is 2.